The van der Waals surface area contributed by atoms with Crippen molar-refractivity contribution in [1.82, 2.24) is 4.90 Å². The molecular formula is C24H41N. The molecule has 3 unspecified atom stereocenters. The zero-order valence-electron chi connectivity index (χ0n) is 17.1. The lowest BCUT2D eigenvalue weighted by molar-refractivity contribution is 0.0606. The summed E-state index contributed by atoms with van der Waals surface area (Å²) in [6, 6.07) is 0. The predicted molar refractivity (Wildman–Crippen MR) is 112 cm³/mol. The van der Waals surface area contributed by atoms with Crippen molar-refractivity contribution in [2.75, 3.05) is 19.6 Å². The molecule has 2 rings (SSSR count). The van der Waals surface area contributed by atoms with Gasteiger partial charge in [-0.15, -0.1) is 0 Å². The van der Waals surface area contributed by atoms with E-state index in [2.05, 4.69) is 56.1 Å². The van der Waals surface area contributed by atoms with Crippen LogP contribution in [0.5, 0.6) is 0 Å². The lowest BCUT2D eigenvalue weighted by atomic mass is 9.66. The maximum Gasteiger partial charge on any atom is 0.00124 e. The van der Waals surface area contributed by atoms with Crippen LogP contribution in [0.2, 0.25) is 0 Å². The third-order valence-corrected chi connectivity index (χ3v) is 6.30. The first kappa shape index (κ1) is 20.5. The van der Waals surface area contributed by atoms with E-state index < -0.39 is 0 Å². The number of unbranched alkanes of at least 4 members (excludes halogenated alkanes) is 2. The molecule has 0 bridgehead atoms. The molecule has 1 nitrogen and oxygen atoms in total. The van der Waals surface area contributed by atoms with Crippen molar-refractivity contribution >= 4 is 0 Å². The van der Waals surface area contributed by atoms with Crippen LogP contribution in [0.4, 0.5) is 0 Å². The smallest absolute Gasteiger partial charge is 0.00124 e. The minimum Gasteiger partial charge on any atom is -0.303 e. The Labute approximate surface area is 157 Å². The summed E-state index contributed by atoms with van der Waals surface area (Å²) >= 11 is 0. The molecule has 0 amide bonds. The van der Waals surface area contributed by atoms with Crippen LogP contribution in [0.3, 0.4) is 0 Å². The van der Waals surface area contributed by atoms with Crippen LogP contribution in [0, 0.1) is 17.8 Å². The second-order valence-corrected chi connectivity index (χ2v) is 8.41. The summed E-state index contributed by atoms with van der Waals surface area (Å²) in [6.07, 6.45) is 23.4. The Bertz CT molecular complexity index is 445. The Hall–Kier alpha value is -0.820. The maximum absolute atomic E-state index is 2.75. The quantitative estimate of drug-likeness (QED) is 0.312. The molecule has 0 N–H and O–H groups in total. The number of rotatable bonds is 10. The second kappa shape index (κ2) is 11.7. The largest absolute Gasteiger partial charge is 0.303 e. The molecule has 0 aromatic rings. The highest BCUT2D eigenvalue weighted by molar-refractivity contribution is 5.20. The van der Waals surface area contributed by atoms with Gasteiger partial charge in [-0.3, -0.25) is 0 Å². The summed E-state index contributed by atoms with van der Waals surface area (Å²) in [6.45, 7) is 11.1. The first-order chi connectivity index (χ1) is 12.2. The maximum atomic E-state index is 2.75. The Morgan fingerprint density at radius 1 is 1.00 bits per heavy atom. The first-order valence-electron chi connectivity index (χ1n) is 10.9. The van der Waals surface area contributed by atoms with E-state index >= 15 is 0 Å². The molecular weight excluding hydrogens is 302 g/mol. The third-order valence-electron chi connectivity index (χ3n) is 6.30. The average molecular weight is 344 g/mol. The van der Waals surface area contributed by atoms with E-state index in [4.69, 9.17) is 0 Å². The molecule has 3 atom stereocenters. The van der Waals surface area contributed by atoms with Crippen molar-refractivity contribution in [3.05, 3.63) is 36.0 Å². The predicted octanol–water partition coefficient (Wildman–Crippen LogP) is 6.77. The van der Waals surface area contributed by atoms with E-state index in [1.54, 1.807) is 5.57 Å². The van der Waals surface area contributed by atoms with Gasteiger partial charge in [0, 0.05) is 6.54 Å². The van der Waals surface area contributed by atoms with E-state index in [0.717, 1.165) is 24.2 Å². The Kier molecular flexibility index (Phi) is 9.61. The molecule has 142 valence electrons. The van der Waals surface area contributed by atoms with Crippen molar-refractivity contribution in [2.24, 2.45) is 17.8 Å². The minimum atomic E-state index is 0.940. The monoisotopic (exact) mass is 343 g/mol. The highest BCUT2D eigenvalue weighted by atomic mass is 15.1. The molecule has 1 fully saturated rings. The normalized spacial score (nSPS) is 30.1. The number of allylic oxidation sites excluding steroid dienone is 6. The number of hydrogen-bond donors (Lipinski definition) is 0. The van der Waals surface area contributed by atoms with Crippen LogP contribution < -0.4 is 0 Å². The van der Waals surface area contributed by atoms with Crippen LogP contribution in [0.1, 0.15) is 78.6 Å². The van der Waals surface area contributed by atoms with Crippen LogP contribution in [0.15, 0.2) is 36.0 Å². The molecule has 2 aliphatic carbocycles. The summed E-state index contributed by atoms with van der Waals surface area (Å²) < 4.78 is 0. The van der Waals surface area contributed by atoms with Crippen molar-refractivity contribution in [3.8, 4) is 0 Å². The molecule has 1 saturated carbocycles. The molecule has 0 saturated heterocycles. The molecule has 0 heterocycles. The Balaban J connectivity index is 1.62. The summed E-state index contributed by atoms with van der Waals surface area (Å²) in [5.74, 6) is 2.86. The van der Waals surface area contributed by atoms with Crippen LogP contribution in [-0.2, 0) is 0 Å². The number of hydrogen-bond acceptors (Lipinski definition) is 1. The van der Waals surface area contributed by atoms with Crippen molar-refractivity contribution in [2.45, 2.75) is 78.6 Å². The van der Waals surface area contributed by atoms with Gasteiger partial charge in [-0.1, -0.05) is 63.1 Å². The SMILES string of the molecule is CCCN(CCCCCC1=C/CC=CCC/C=C\1)CC1CC(C)C1C. The lowest BCUT2D eigenvalue weighted by Gasteiger charge is -2.43. The first-order valence-corrected chi connectivity index (χ1v) is 10.9. The van der Waals surface area contributed by atoms with E-state index in [9.17, 15) is 0 Å². The van der Waals surface area contributed by atoms with Crippen LogP contribution in [-0.4, -0.2) is 24.5 Å². The fourth-order valence-electron chi connectivity index (χ4n) is 4.31. The van der Waals surface area contributed by atoms with Crippen molar-refractivity contribution < 1.29 is 0 Å². The topological polar surface area (TPSA) is 3.24 Å². The molecule has 25 heavy (non-hydrogen) atoms. The molecule has 0 radical (unpaired) electrons. The summed E-state index contributed by atoms with van der Waals surface area (Å²) in [5.41, 5.74) is 1.55. The van der Waals surface area contributed by atoms with E-state index in [1.807, 2.05) is 0 Å². The standard InChI is InChI=1S/C24H41N/c1-4-17-25(20-24-19-21(2)22(24)3)18-13-9-12-16-23-14-10-7-5-6-8-11-15-23/h5,7,11,14-15,21-22,24H,4,6,8-10,12-13,16-20H2,1-3H3/b7-5?,15-11-,23-14+. The third kappa shape index (κ3) is 7.52. The fourth-order valence-corrected chi connectivity index (χ4v) is 4.31. The molecule has 0 spiro atoms. The number of nitrogens with zero attached hydrogens (tertiary/aromatic N) is 1. The van der Waals surface area contributed by atoms with Gasteiger partial charge in [0.25, 0.3) is 0 Å². The van der Waals surface area contributed by atoms with Gasteiger partial charge >= 0.3 is 0 Å². The average Bonchev–Trinajstić information content (AvgIpc) is 2.74. The Morgan fingerprint density at radius 3 is 2.60 bits per heavy atom. The van der Waals surface area contributed by atoms with Gasteiger partial charge in [-0.05, 0) is 82.2 Å². The van der Waals surface area contributed by atoms with Gasteiger partial charge in [0.05, 0.1) is 0 Å². The van der Waals surface area contributed by atoms with Crippen molar-refractivity contribution in [1.29, 1.82) is 0 Å². The molecule has 0 aromatic carbocycles. The summed E-state index contributed by atoms with van der Waals surface area (Å²) in [5, 5.41) is 0. The van der Waals surface area contributed by atoms with Gasteiger partial charge in [-0.2, -0.15) is 0 Å². The van der Waals surface area contributed by atoms with Gasteiger partial charge in [0.1, 0.15) is 0 Å². The van der Waals surface area contributed by atoms with Crippen LogP contribution in [0.25, 0.3) is 0 Å². The summed E-state index contributed by atoms with van der Waals surface area (Å²) in [4.78, 5) is 2.75. The minimum absolute atomic E-state index is 0.940. The zero-order chi connectivity index (χ0) is 17.9. The van der Waals surface area contributed by atoms with Crippen LogP contribution >= 0.6 is 0 Å². The van der Waals surface area contributed by atoms with E-state index in [1.165, 1.54) is 71.0 Å². The fraction of sp³-hybridized carbons (Fsp3) is 0.750. The van der Waals surface area contributed by atoms with Gasteiger partial charge < -0.3 is 4.90 Å². The lowest BCUT2D eigenvalue weighted by Crippen LogP contribution is -2.42. The molecule has 2 aliphatic rings. The Morgan fingerprint density at radius 2 is 1.84 bits per heavy atom. The van der Waals surface area contributed by atoms with Crippen molar-refractivity contribution in [3.63, 3.8) is 0 Å². The summed E-state index contributed by atoms with van der Waals surface area (Å²) in [7, 11) is 0. The van der Waals surface area contributed by atoms with Gasteiger partial charge in [0.15, 0.2) is 0 Å². The zero-order valence-corrected chi connectivity index (χ0v) is 17.1. The molecule has 1 heteroatoms. The van der Waals surface area contributed by atoms with E-state index in [-0.39, 0.29) is 0 Å². The van der Waals surface area contributed by atoms with Gasteiger partial charge in [0.2, 0.25) is 0 Å². The highest BCUT2D eigenvalue weighted by Crippen LogP contribution is 2.40. The molecule has 0 aliphatic heterocycles. The molecule has 0 aromatic heterocycles. The second-order valence-electron chi connectivity index (χ2n) is 8.41. The van der Waals surface area contributed by atoms with E-state index in [0.29, 0.717) is 0 Å². The van der Waals surface area contributed by atoms with Gasteiger partial charge in [-0.25, -0.2) is 0 Å². The highest BCUT2D eigenvalue weighted by Gasteiger charge is 2.34.